The van der Waals surface area contributed by atoms with Gasteiger partial charge in [0.25, 0.3) is 0 Å². The van der Waals surface area contributed by atoms with Crippen LogP contribution in [0, 0.1) is 0 Å². The second kappa shape index (κ2) is 9.36. The maximum atomic E-state index is 12.7. The zero-order valence-electron chi connectivity index (χ0n) is 15.9. The SMILES string of the molecule is COC(=O)COc1cccc(/C=C/CNS(=O)(=O)c2cccc3ccccc23)c1. The molecule has 0 atom stereocenters. The van der Waals surface area contributed by atoms with E-state index in [4.69, 9.17) is 4.74 Å². The molecule has 0 aliphatic carbocycles. The minimum atomic E-state index is -3.65. The van der Waals surface area contributed by atoms with E-state index in [9.17, 15) is 13.2 Å². The third-order valence-electron chi connectivity index (χ3n) is 4.18. The lowest BCUT2D eigenvalue weighted by atomic mass is 10.1. The van der Waals surface area contributed by atoms with Crippen molar-refractivity contribution in [1.82, 2.24) is 4.72 Å². The number of fused-ring (bicyclic) bond motifs is 1. The first-order valence-electron chi connectivity index (χ1n) is 8.93. The third kappa shape index (κ3) is 5.43. The molecule has 0 aliphatic rings. The molecule has 0 unspecified atom stereocenters. The molecule has 3 aromatic rings. The Hall–Kier alpha value is -3.16. The van der Waals surface area contributed by atoms with E-state index in [0.717, 1.165) is 10.9 Å². The van der Waals surface area contributed by atoms with Crippen molar-refractivity contribution in [3.8, 4) is 5.75 Å². The summed E-state index contributed by atoms with van der Waals surface area (Å²) in [6.07, 6.45) is 3.48. The third-order valence-corrected chi connectivity index (χ3v) is 5.66. The average Bonchev–Trinajstić information content (AvgIpc) is 2.75. The monoisotopic (exact) mass is 411 g/mol. The lowest BCUT2D eigenvalue weighted by Gasteiger charge is -2.08. The summed E-state index contributed by atoms with van der Waals surface area (Å²) in [5.74, 6) is 0.0580. The molecule has 0 bridgehead atoms. The quantitative estimate of drug-likeness (QED) is 0.575. The minimum absolute atomic E-state index is 0.138. The lowest BCUT2D eigenvalue weighted by molar-refractivity contribution is -0.142. The summed E-state index contributed by atoms with van der Waals surface area (Å²) in [6.45, 7) is -0.0344. The molecule has 0 aromatic heterocycles. The normalized spacial score (nSPS) is 11.6. The predicted octanol–water partition coefficient (Wildman–Crippen LogP) is 3.38. The molecule has 1 N–H and O–H groups in total. The van der Waals surface area contributed by atoms with Crippen molar-refractivity contribution in [2.75, 3.05) is 20.3 Å². The van der Waals surface area contributed by atoms with E-state index in [1.54, 1.807) is 48.6 Å². The van der Waals surface area contributed by atoms with Crippen LogP contribution in [0.3, 0.4) is 0 Å². The van der Waals surface area contributed by atoms with Gasteiger partial charge in [0.05, 0.1) is 12.0 Å². The largest absolute Gasteiger partial charge is 0.482 e. The minimum Gasteiger partial charge on any atom is -0.482 e. The molecule has 3 aromatic carbocycles. The Morgan fingerprint density at radius 2 is 1.79 bits per heavy atom. The van der Waals surface area contributed by atoms with Gasteiger partial charge in [-0.3, -0.25) is 0 Å². The molecule has 0 spiro atoms. The van der Waals surface area contributed by atoms with E-state index in [0.29, 0.717) is 11.1 Å². The van der Waals surface area contributed by atoms with Gasteiger partial charge in [-0.05, 0) is 29.1 Å². The van der Waals surface area contributed by atoms with E-state index in [1.165, 1.54) is 7.11 Å². The van der Waals surface area contributed by atoms with Crippen LogP contribution in [0.5, 0.6) is 5.75 Å². The summed E-state index contributed by atoms with van der Waals surface area (Å²) >= 11 is 0. The maximum absolute atomic E-state index is 12.7. The van der Waals surface area contributed by atoms with Crippen molar-refractivity contribution < 1.29 is 22.7 Å². The van der Waals surface area contributed by atoms with E-state index in [1.807, 2.05) is 30.3 Å². The number of ether oxygens (including phenoxy) is 2. The fourth-order valence-electron chi connectivity index (χ4n) is 2.77. The molecular weight excluding hydrogens is 390 g/mol. The summed E-state index contributed by atoms with van der Waals surface area (Å²) < 4.78 is 37.8. The summed E-state index contributed by atoms with van der Waals surface area (Å²) in [4.78, 5) is 11.4. The number of carbonyl (C=O) groups is 1. The summed E-state index contributed by atoms with van der Waals surface area (Å²) in [7, 11) is -2.35. The lowest BCUT2D eigenvalue weighted by Crippen LogP contribution is -2.23. The number of sulfonamides is 1. The van der Waals surface area contributed by atoms with Crippen molar-refractivity contribution in [3.05, 3.63) is 78.4 Å². The van der Waals surface area contributed by atoms with Crippen LogP contribution >= 0.6 is 0 Å². The van der Waals surface area contributed by atoms with Crippen molar-refractivity contribution in [1.29, 1.82) is 0 Å². The van der Waals surface area contributed by atoms with E-state index in [2.05, 4.69) is 9.46 Å². The molecule has 29 heavy (non-hydrogen) atoms. The van der Waals surface area contributed by atoms with Gasteiger partial charge < -0.3 is 9.47 Å². The number of hydrogen-bond donors (Lipinski definition) is 1. The number of hydrogen-bond acceptors (Lipinski definition) is 5. The van der Waals surface area contributed by atoms with E-state index in [-0.39, 0.29) is 18.0 Å². The van der Waals surface area contributed by atoms with Gasteiger partial charge in [0.15, 0.2) is 6.61 Å². The molecule has 0 saturated heterocycles. The van der Waals surface area contributed by atoms with Crippen LogP contribution in [0.4, 0.5) is 0 Å². The Balaban J connectivity index is 1.64. The molecule has 0 fully saturated rings. The topological polar surface area (TPSA) is 81.7 Å². The van der Waals surface area contributed by atoms with Gasteiger partial charge in [-0.25, -0.2) is 17.9 Å². The van der Waals surface area contributed by atoms with Crippen LogP contribution in [0.2, 0.25) is 0 Å². The summed E-state index contributed by atoms with van der Waals surface area (Å²) in [6, 6.07) is 19.7. The molecule has 3 rings (SSSR count). The molecular formula is C22H21NO5S. The second-order valence-corrected chi connectivity index (χ2v) is 7.90. The molecule has 0 heterocycles. The van der Waals surface area contributed by atoms with Gasteiger partial charge in [0.2, 0.25) is 10.0 Å². The molecule has 7 heteroatoms. The standard InChI is InChI=1S/C22H21NO5S/c1-27-22(24)16-28-19-11-4-7-17(15-19)8-6-14-23-29(25,26)21-13-5-10-18-9-2-3-12-20(18)21/h2-13,15,23H,14,16H2,1H3/b8-6+. The van der Waals surface area contributed by atoms with E-state index < -0.39 is 16.0 Å². The van der Waals surface area contributed by atoms with Gasteiger partial charge in [0.1, 0.15) is 5.75 Å². The van der Waals surface area contributed by atoms with Gasteiger partial charge >= 0.3 is 5.97 Å². The number of benzene rings is 3. The van der Waals surface area contributed by atoms with Crippen LogP contribution in [0.1, 0.15) is 5.56 Å². The highest BCUT2D eigenvalue weighted by Crippen LogP contribution is 2.22. The first kappa shape index (κ1) is 20.6. The summed E-state index contributed by atoms with van der Waals surface area (Å²) in [5.41, 5.74) is 0.816. The Morgan fingerprint density at radius 1 is 1.03 bits per heavy atom. The van der Waals surface area contributed by atoms with Crippen LogP contribution in [0.25, 0.3) is 16.8 Å². The Labute approximate surface area is 169 Å². The number of carbonyl (C=O) groups excluding carboxylic acids is 1. The first-order chi connectivity index (χ1) is 14.0. The highest BCUT2D eigenvalue weighted by atomic mass is 32.2. The van der Waals surface area contributed by atoms with Gasteiger partial charge in [-0.15, -0.1) is 0 Å². The number of nitrogens with one attached hydrogen (secondary N) is 1. The van der Waals surface area contributed by atoms with Gasteiger partial charge in [-0.1, -0.05) is 60.7 Å². The molecule has 0 radical (unpaired) electrons. The van der Waals surface area contributed by atoms with Crippen LogP contribution in [-0.4, -0.2) is 34.6 Å². The van der Waals surface area contributed by atoms with Crippen LogP contribution < -0.4 is 9.46 Å². The van der Waals surface area contributed by atoms with Crippen molar-refractivity contribution in [3.63, 3.8) is 0 Å². The molecule has 0 aliphatic heterocycles. The van der Waals surface area contributed by atoms with E-state index >= 15 is 0 Å². The van der Waals surface area contributed by atoms with Crippen molar-refractivity contribution in [2.24, 2.45) is 0 Å². The fourth-order valence-corrected chi connectivity index (χ4v) is 3.97. The molecule has 0 amide bonds. The van der Waals surface area contributed by atoms with Gasteiger partial charge in [0, 0.05) is 11.9 Å². The van der Waals surface area contributed by atoms with Crippen molar-refractivity contribution in [2.45, 2.75) is 4.90 Å². The van der Waals surface area contributed by atoms with Crippen molar-refractivity contribution >= 4 is 32.8 Å². The van der Waals surface area contributed by atoms with Crippen LogP contribution in [0.15, 0.2) is 77.7 Å². The summed E-state index contributed by atoms with van der Waals surface area (Å²) in [5, 5.41) is 1.55. The first-order valence-corrected chi connectivity index (χ1v) is 10.4. The average molecular weight is 411 g/mol. The number of esters is 1. The Bertz CT molecular complexity index is 1130. The Kier molecular flexibility index (Phi) is 6.64. The zero-order chi connectivity index (χ0) is 20.7. The predicted molar refractivity (Wildman–Crippen MR) is 112 cm³/mol. The molecule has 0 saturated carbocycles. The number of methoxy groups -OCH3 is 1. The molecule has 150 valence electrons. The number of rotatable bonds is 8. The maximum Gasteiger partial charge on any atom is 0.343 e. The highest BCUT2D eigenvalue weighted by Gasteiger charge is 2.15. The highest BCUT2D eigenvalue weighted by molar-refractivity contribution is 7.89. The molecule has 6 nitrogen and oxygen atoms in total. The second-order valence-electron chi connectivity index (χ2n) is 6.17. The fraction of sp³-hybridized carbons (Fsp3) is 0.136. The van der Waals surface area contributed by atoms with Crippen LogP contribution in [-0.2, 0) is 19.6 Å². The zero-order valence-corrected chi connectivity index (χ0v) is 16.7. The Morgan fingerprint density at radius 3 is 2.62 bits per heavy atom. The smallest absolute Gasteiger partial charge is 0.343 e. The van der Waals surface area contributed by atoms with Gasteiger partial charge in [-0.2, -0.15) is 0 Å².